The minimum Gasteiger partial charge on any atom is -0.496 e. The van der Waals surface area contributed by atoms with Gasteiger partial charge in [-0.05, 0) is 43.3 Å². The van der Waals surface area contributed by atoms with Crippen LogP contribution in [0.5, 0.6) is 5.75 Å². The molecular formula is C21H22BrClN6O2S. The monoisotopic (exact) mass is 536 g/mol. The number of amides is 1. The van der Waals surface area contributed by atoms with Crippen molar-refractivity contribution >= 4 is 57.1 Å². The van der Waals surface area contributed by atoms with Crippen molar-refractivity contribution in [3.8, 4) is 5.75 Å². The van der Waals surface area contributed by atoms with E-state index in [1.54, 1.807) is 7.11 Å². The summed E-state index contributed by atoms with van der Waals surface area (Å²) in [6, 6.07) is 12.9. The Morgan fingerprint density at radius 3 is 2.91 bits per heavy atom. The van der Waals surface area contributed by atoms with Gasteiger partial charge in [-0.25, -0.2) is 5.43 Å². The molecule has 1 aromatic heterocycles. The Bertz CT molecular complexity index is 1120. The summed E-state index contributed by atoms with van der Waals surface area (Å²) in [7, 11) is 3.44. The molecule has 2 aromatic carbocycles. The Morgan fingerprint density at radius 2 is 2.16 bits per heavy atom. The minimum absolute atomic E-state index is 0.0982. The number of nitrogens with zero attached hydrogens (tertiary/aromatic N) is 4. The van der Waals surface area contributed by atoms with Gasteiger partial charge in [0.25, 0.3) is 5.91 Å². The predicted octanol–water partition coefficient (Wildman–Crippen LogP) is 4.66. The van der Waals surface area contributed by atoms with Crippen LogP contribution in [0.2, 0.25) is 5.02 Å². The summed E-state index contributed by atoms with van der Waals surface area (Å²) in [5, 5.41) is 17.1. The largest absolute Gasteiger partial charge is 0.496 e. The van der Waals surface area contributed by atoms with Crippen LogP contribution in [-0.2, 0) is 11.8 Å². The Balaban J connectivity index is 1.54. The van der Waals surface area contributed by atoms with Crippen molar-refractivity contribution in [2.75, 3.05) is 18.2 Å². The number of aromatic nitrogens is 3. The van der Waals surface area contributed by atoms with Crippen LogP contribution in [0, 0.1) is 0 Å². The van der Waals surface area contributed by atoms with Crippen molar-refractivity contribution in [1.82, 2.24) is 20.2 Å². The number of nitrogens with one attached hydrogen (secondary N) is 2. The average Bonchev–Trinajstić information content (AvgIpc) is 3.13. The van der Waals surface area contributed by atoms with Gasteiger partial charge < -0.3 is 14.6 Å². The highest BCUT2D eigenvalue weighted by atomic mass is 79.9. The van der Waals surface area contributed by atoms with Crippen molar-refractivity contribution < 1.29 is 9.53 Å². The predicted molar refractivity (Wildman–Crippen MR) is 132 cm³/mol. The molecule has 1 amide bonds. The standard InChI is InChI=1S/C21H22BrClN6O2S/c1-13(25-17-6-4-5-16(23)10-17)20-27-28-21(29(20)2)32-12-19(30)26-24-11-14-9-15(22)7-8-18(14)31-3/h4-11,13,25H,12H2,1-3H3,(H,26,30)/b24-11-. The molecule has 1 atom stereocenters. The number of hydrazone groups is 1. The summed E-state index contributed by atoms with van der Waals surface area (Å²) < 4.78 is 8.03. The molecule has 3 aromatic rings. The molecule has 0 fully saturated rings. The quantitative estimate of drug-likeness (QED) is 0.234. The second-order valence-corrected chi connectivity index (χ2v) is 9.04. The summed E-state index contributed by atoms with van der Waals surface area (Å²) in [5.74, 6) is 1.30. The number of benzene rings is 2. The fourth-order valence-electron chi connectivity index (χ4n) is 2.86. The van der Waals surface area contributed by atoms with Crippen molar-refractivity contribution in [2.45, 2.75) is 18.1 Å². The molecule has 1 unspecified atom stereocenters. The van der Waals surface area contributed by atoms with E-state index in [2.05, 4.69) is 42.0 Å². The van der Waals surface area contributed by atoms with Crippen LogP contribution in [0.15, 0.2) is 57.2 Å². The van der Waals surface area contributed by atoms with E-state index in [-0.39, 0.29) is 17.7 Å². The second kappa shape index (κ2) is 11.3. The summed E-state index contributed by atoms with van der Waals surface area (Å²) in [5.41, 5.74) is 4.15. The van der Waals surface area contributed by atoms with Crippen LogP contribution < -0.4 is 15.5 Å². The van der Waals surface area contributed by atoms with Crippen LogP contribution in [-0.4, -0.2) is 39.7 Å². The number of hydrogen-bond acceptors (Lipinski definition) is 7. The van der Waals surface area contributed by atoms with Crippen molar-refractivity contribution in [1.29, 1.82) is 0 Å². The molecule has 0 aliphatic carbocycles. The maximum Gasteiger partial charge on any atom is 0.250 e. The van der Waals surface area contributed by atoms with E-state index in [0.717, 1.165) is 21.5 Å². The van der Waals surface area contributed by atoms with Crippen LogP contribution in [0.25, 0.3) is 0 Å². The number of ether oxygens (including phenoxy) is 1. The van der Waals surface area contributed by atoms with E-state index >= 15 is 0 Å². The van der Waals surface area contributed by atoms with Gasteiger partial charge in [-0.15, -0.1) is 10.2 Å². The zero-order valence-corrected chi connectivity index (χ0v) is 20.8. The Morgan fingerprint density at radius 1 is 1.34 bits per heavy atom. The number of anilines is 1. The smallest absolute Gasteiger partial charge is 0.250 e. The highest BCUT2D eigenvalue weighted by Crippen LogP contribution is 2.24. The van der Waals surface area contributed by atoms with Crippen LogP contribution in [0.3, 0.4) is 0 Å². The molecule has 0 aliphatic heterocycles. The first-order valence-electron chi connectivity index (χ1n) is 9.57. The Hall–Kier alpha value is -2.56. The second-order valence-electron chi connectivity index (χ2n) is 6.74. The van der Waals surface area contributed by atoms with Crippen LogP contribution in [0.4, 0.5) is 5.69 Å². The molecule has 3 rings (SSSR count). The molecule has 0 saturated heterocycles. The molecule has 168 valence electrons. The van der Waals surface area contributed by atoms with Crippen molar-refractivity contribution in [3.63, 3.8) is 0 Å². The normalized spacial score (nSPS) is 12.0. The SMILES string of the molecule is COc1ccc(Br)cc1/C=N\NC(=O)CSc1nnc(C(C)Nc2cccc(Cl)c2)n1C. The number of halogens is 2. The number of rotatable bonds is 9. The molecule has 0 saturated carbocycles. The van der Waals surface area contributed by atoms with Crippen LogP contribution in [0.1, 0.15) is 24.4 Å². The molecule has 8 nitrogen and oxygen atoms in total. The topological polar surface area (TPSA) is 93.4 Å². The highest BCUT2D eigenvalue weighted by molar-refractivity contribution is 9.10. The van der Waals surface area contributed by atoms with Gasteiger partial charge in [0.15, 0.2) is 11.0 Å². The number of hydrogen-bond donors (Lipinski definition) is 2. The fourth-order valence-corrected chi connectivity index (χ4v) is 4.14. The molecule has 0 radical (unpaired) electrons. The number of thioether (sulfide) groups is 1. The van der Waals surface area contributed by atoms with Gasteiger partial charge in [-0.1, -0.05) is 45.4 Å². The third-order valence-electron chi connectivity index (χ3n) is 4.38. The lowest BCUT2D eigenvalue weighted by Gasteiger charge is -2.15. The first-order chi connectivity index (χ1) is 15.4. The molecule has 2 N–H and O–H groups in total. The van der Waals surface area contributed by atoms with E-state index in [9.17, 15) is 4.79 Å². The van der Waals surface area contributed by atoms with E-state index in [1.807, 2.05) is 61.0 Å². The van der Waals surface area contributed by atoms with Crippen molar-refractivity contribution in [2.24, 2.45) is 12.1 Å². The van der Waals surface area contributed by atoms with Gasteiger partial charge >= 0.3 is 0 Å². The molecule has 0 bridgehead atoms. The van der Waals surface area contributed by atoms with Gasteiger partial charge in [0.1, 0.15) is 5.75 Å². The first-order valence-corrected chi connectivity index (χ1v) is 11.7. The maximum atomic E-state index is 12.2. The fraction of sp³-hybridized carbons (Fsp3) is 0.238. The zero-order valence-electron chi connectivity index (χ0n) is 17.7. The third-order valence-corrected chi connectivity index (χ3v) is 6.13. The van der Waals surface area contributed by atoms with Gasteiger partial charge in [0.2, 0.25) is 0 Å². The maximum absolute atomic E-state index is 12.2. The lowest BCUT2D eigenvalue weighted by molar-refractivity contribution is -0.118. The Kier molecular flexibility index (Phi) is 8.54. The average molecular weight is 538 g/mol. The zero-order chi connectivity index (χ0) is 23.1. The van der Waals surface area contributed by atoms with E-state index in [1.165, 1.54) is 18.0 Å². The molecule has 32 heavy (non-hydrogen) atoms. The molecule has 11 heteroatoms. The van der Waals surface area contributed by atoms with E-state index in [0.29, 0.717) is 15.9 Å². The molecular weight excluding hydrogens is 516 g/mol. The molecule has 0 spiro atoms. The van der Waals surface area contributed by atoms with E-state index < -0.39 is 0 Å². The lowest BCUT2D eigenvalue weighted by Crippen LogP contribution is -2.20. The summed E-state index contributed by atoms with van der Waals surface area (Å²) in [4.78, 5) is 12.2. The van der Waals surface area contributed by atoms with Gasteiger partial charge in [-0.3, -0.25) is 4.79 Å². The minimum atomic E-state index is -0.255. The highest BCUT2D eigenvalue weighted by Gasteiger charge is 2.16. The van der Waals surface area contributed by atoms with E-state index in [4.69, 9.17) is 16.3 Å². The van der Waals surface area contributed by atoms with Gasteiger partial charge in [0, 0.05) is 27.8 Å². The lowest BCUT2D eigenvalue weighted by atomic mass is 10.2. The Labute approximate surface area is 203 Å². The van der Waals surface area contributed by atoms with Gasteiger partial charge in [-0.2, -0.15) is 5.10 Å². The van der Waals surface area contributed by atoms with Crippen LogP contribution >= 0.6 is 39.3 Å². The summed E-state index contributed by atoms with van der Waals surface area (Å²) >= 11 is 10.7. The third kappa shape index (κ3) is 6.47. The van der Waals surface area contributed by atoms with Gasteiger partial charge in [0.05, 0.1) is 25.1 Å². The summed E-state index contributed by atoms with van der Waals surface area (Å²) in [6.07, 6.45) is 1.54. The van der Waals surface area contributed by atoms with Crippen molar-refractivity contribution in [3.05, 3.63) is 63.3 Å². The number of carbonyl (C=O) groups excluding carboxylic acids is 1. The number of methoxy groups -OCH3 is 1. The number of carbonyl (C=O) groups is 1. The molecule has 1 heterocycles. The first kappa shape index (κ1) is 24.1. The summed E-state index contributed by atoms with van der Waals surface area (Å²) in [6.45, 7) is 1.98. The molecule has 0 aliphatic rings.